The summed E-state index contributed by atoms with van der Waals surface area (Å²) in [6.45, 7) is 5.75. The average molecular weight is 372 g/mol. The molecule has 4 rings (SSSR count). The normalized spacial score (nSPS) is 48.4. The van der Waals surface area contributed by atoms with Gasteiger partial charge in [-0.05, 0) is 53.7 Å². The van der Waals surface area contributed by atoms with E-state index in [1.807, 2.05) is 20.8 Å². The van der Waals surface area contributed by atoms with Crippen molar-refractivity contribution in [2.24, 2.45) is 40.4 Å². The number of carbonyl (C=O) groups excluding carboxylic acids is 4. The Labute approximate surface area is 158 Å². The van der Waals surface area contributed by atoms with Crippen molar-refractivity contribution in [2.45, 2.75) is 46.2 Å². The minimum absolute atomic E-state index is 0.00414. The summed E-state index contributed by atoms with van der Waals surface area (Å²) < 4.78 is 15.1. The van der Waals surface area contributed by atoms with Gasteiger partial charge in [-0.15, -0.1) is 0 Å². The van der Waals surface area contributed by atoms with Crippen LogP contribution in [0.5, 0.6) is 0 Å². The van der Waals surface area contributed by atoms with Crippen molar-refractivity contribution in [2.75, 3.05) is 0 Å². The number of hydrogen-bond donors (Lipinski definition) is 0. The number of ketones is 3. The maximum Gasteiger partial charge on any atom is 0.199 e. The van der Waals surface area contributed by atoms with E-state index < -0.39 is 28.7 Å². The molecule has 0 amide bonds. The fourth-order valence-electron chi connectivity index (χ4n) is 7.09. The fraction of sp³-hybridized carbons (Fsp3) is 0.636. The predicted octanol–water partition coefficient (Wildman–Crippen LogP) is 3.05. The Hall–Kier alpha value is -1.91. The van der Waals surface area contributed by atoms with Crippen LogP contribution in [0.25, 0.3) is 0 Å². The van der Waals surface area contributed by atoms with Gasteiger partial charge in [-0.3, -0.25) is 19.2 Å². The molecule has 3 fully saturated rings. The van der Waals surface area contributed by atoms with E-state index in [1.54, 1.807) is 6.08 Å². The minimum atomic E-state index is -1.27. The highest BCUT2D eigenvalue weighted by molar-refractivity contribution is 6.26. The molecule has 8 atom stereocenters. The van der Waals surface area contributed by atoms with E-state index in [9.17, 15) is 19.2 Å². The van der Waals surface area contributed by atoms with E-state index in [4.69, 9.17) is 0 Å². The molecule has 0 aromatic carbocycles. The van der Waals surface area contributed by atoms with E-state index >= 15 is 4.39 Å². The summed E-state index contributed by atoms with van der Waals surface area (Å²) in [6.07, 6.45) is 4.77. The highest BCUT2D eigenvalue weighted by Crippen LogP contribution is 2.66. The molecule has 4 nitrogen and oxygen atoms in total. The SMILES string of the molecule is C[C@@H]1C[C@H]2[C@@H]3C[C@H](F)C4=CC(=O)C=C[C@]4(C)[C@H]3C(=O)C[C@]2(C)[C@H]1C(=O)C=O. The summed E-state index contributed by atoms with van der Waals surface area (Å²) in [5, 5.41) is 0. The second-order valence-corrected chi connectivity index (χ2v) is 9.43. The first-order valence-corrected chi connectivity index (χ1v) is 9.74. The molecule has 5 heteroatoms. The number of halogens is 1. The lowest BCUT2D eigenvalue weighted by atomic mass is 9.47. The third-order valence-corrected chi connectivity index (χ3v) is 8.00. The van der Waals surface area contributed by atoms with Gasteiger partial charge in [-0.25, -0.2) is 4.39 Å². The third kappa shape index (κ3) is 2.33. The second kappa shape index (κ2) is 5.79. The first kappa shape index (κ1) is 18.5. The first-order chi connectivity index (χ1) is 12.6. The Morgan fingerprint density at radius 1 is 1.26 bits per heavy atom. The molecule has 4 aliphatic carbocycles. The zero-order valence-corrected chi connectivity index (χ0v) is 15.9. The molecular formula is C22H25FO4. The summed E-state index contributed by atoms with van der Waals surface area (Å²) in [5.74, 6) is -1.67. The molecule has 27 heavy (non-hydrogen) atoms. The number of hydrogen-bond acceptors (Lipinski definition) is 4. The Kier molecular flexibility index (Phi) is 3.96. The van der Waals surface area contributed by atoms with Crippen LogP contribution < -0.4 is 0 Å². The Morgan fingerprint density at radius 3 is 2.63 bits per heavy atom. The number of allylic oxidation sites excluding steroid dienone is 4. The van der Waals surface area contributed by atoms with Crippen LogP contribution in [0.15, 0.2) is 23.8 Å². The molecule has 0 heterocycles. The quantitative estimate of drug-likeness (QED) is 0.552. The first-order valence-electron chi connectivity index (χ1n) is 9.74. The number of alkyl halides is 1. The van der Waals surface area contributed by atoms with Gasteiger partial charge in [-0.2, -0.15) is 0 Å². The van der Waals surface area contributed by atoms with Gasteiger partial charge in [0, 0.05) is 23.7 Å². The van der Waals surface area contributed by atoms with Gasteiger partial charge in [0.25, 0.3) is 0 Å². The molecule has 0 N–H and O–H groups in total. The Bertz CT molecular complexity index is 811. The summed E-state index contributed by atoms with van der Waals surface area (Å²) in [5.41, 5.74) is -0.967. The molecule has 144 valence electrons. The third-order valence-electron chi connectivity index (χ3n) is 8.00. The van der Waals surface area contributed by atoms with Crippen molar-refractivity contribution < 1.29 is 23.6 Å². The minimum Gasteiger partial charge on any atom is -0.299 e. The van der Waals surface area contributed by atoms with Crippen LogP contribution in [0.2, 0.25) is 0 Å². The molecule has 3 saturated carbocycles. The van der Waals surface area contributed by atoms with Gasteiger partial charge in [0.05, 0.1) is 0 Å². The number of Topliss-reactive ketones (excluding diaryl/α,β-unsaturated/α-hetero) is 2. The van der Waals surface area contributed by atoms with Gasteiger partial charge in [0.2, 0.25) is 0 Å². The topological polar surface area (TPSA) is 68.3 Å². The van der Waals surface area contributed by atoms with Crippen LogP contribution in [0.3, 0.4) is 0 Å². The van der Waals surface area contributed by atoms with Gasteiger partial charge in [-0.1, -0.05) is 26.8 Å². The molecule has 0 aromatic heterocycles. The lowest BCUT2D eigenvalue weighted by Gasteiger charge is -2.56. The molecule has 0 saturated heterocycles. The van der Waals surface area contributed by atoms with E-state index in [0.717, 1.165) is 6.42 Å². The van der Waals surface area contributed by atoms with E-state index in [-0.39, 0.29) is 48.1 Å². The van der Waals surface area contributed by atoms with Crippen LogP contribution >= 0.6 is 0 Å². The number of aldehydes is 1. The van der Waals surface area contributed by atoms with Crippen molar-refractivity contribution in [3.05, 3.63) is 23.8 Å². The molecule has 0 spiro atoms. The highest BCUT2D eigenvalue weighted by atomic mass is 19.1. The van der Waals surface area contributed by atoms with Crippen molar-refractivity contribution >= 4 is 23.6 Å². The molecule has 0 bridgehead atoms. The van der Waals surface area contributed by atoms with Crippen molar-refractivity contribution in [1.29, 1.82) is 0 Å². The molecular weight excluding hydrogens is 347 g/mol. The highest BCUT2D eigenvalue weighted by Gasteiger charge is 2.65. The van der Waals surface area contributed by atoms with Gasteiger partial charge in [0.15, 0.2) is 17.9 Å². The van der Waals surface area contributed by atoms with Crippen molar-refractivity contribution in [3.63, 3.8) is 0 Å². The maximum absolute atomic E-state index is 15.1. The smallest absolute Gasteiger partial charge is 0.199 e. The summed E-state index contributed by atoms with van der Waals surface area (Å²) in [4.78, 5) is 48.6. The number of fused-ring (bicyclic) bond motifs is 5. The summed E-state index contributed by atoms with van der Waals surface area (Å²) in [6, 6.07) is 0. The van der Waals surface area contributed by atoms with Crippen LogP contribution in [0.1, 0.15) is 40.0 Å². The van der Waals surface area contributed by atoms with Crippen molar-refractivity contribution in [1.82, 2.24) is 0 Å². The number of rotatable bonds is 2. The predicted molar refractivity (Wildman–Crippen MR) is 96.4 cm³/mol. The van der Waals surface area contributed by atoms with Gasteiger partial charge >= 0.3 is 0 Å². The lowest BCUT2D eigenvalue weighted by molar-refractivity contribution is -0.148. The number of carbonyl (C=O) groups is 4. The van der Waals surface area contributed by atoms with Gasteiger partial charge in [0.1, 0.15) is 12.0 Å². The molecule has 4 aliphatic rings. The van der Waals surface area contributed by atoms with Crippen LogP contribution in [-0.2, 0) is 19.2 Å². The van der Waals surface area contributed by atoms with E-state index in [0.29, 0.717) is 11.9 Å². The van der Waals surface area contributed by atoms with Crippen LogP contribution in [-0.4, -0.2) is 29.8 Å². The zero-order chi connectivity index (χ0) is 19.7. The molecule has 0 unspecified atom stereocenters. The largest absolute Gasteiger partial charge is 0.299 e. The maximum atomic E-state index is 15.1. The molecule has 0 aliphatic heterocycles. The van der Waals surface area contributed by atoms with Crippen molar-refractivity contribution in [3.8, 4) is 0 Å². The standard InChI is InChI=1S/C22H25FO4/c1-11-6-14-13-8-16(23)15-7-12(25)4-5-21(15,2)20(13)17(26)9-22(14,3)19(11)18(27)10-24/h4-5,7,10-11,13-14,16,19-20H,6,8-9H2,1-3H3/t11-,13+,14+,16+,19-,20-,21+,22+/m1/s1. The molecule has 0 aromatic rings. The van der Waals surface area contributed by atoms with E-state index in [2.05, 4.69) is 0 Å². The van der Waals surface area contributed by atoms with E-state index in [1.165, 1.54) is 12.2 Å². The monoisotopic (exact) mass is 372 g/mol. The lowest BCUT2D eigenvalue weighted by Crippen LogP contribution is -2.56. The van der Waals surface area contributed by atoms with Crippen LogP contribution in [0.4, 0.5) is 4.39 Å². The summed E-state index contributed by atoms with van der Waals surface area (Å²) >= 11 is 0. The zero-order valence-electron chi connectivity index (χ0n) is 15.9. The average Bonchev–Trinajstić information content (AvgIpc) is 2.85. The van der Waals surface area contributed by atoms with Gasteiger partial charge < -0.3 is 0 Å². The summed E-state index contributed by atoms with van der Waals surface area (Å²) in [7, 11) is 0. The fourth-order valence-corrected chi connectivity index (χ4v) is 7.09. The van der Waals surface area contributed by atoms with Crippen LogP contribution in [0, 0.1) is 40.4 Å². The second-order valence-electron chi connectivity index (χ2n) is 9.43. The molecule has 0 radical (unpaired) electrons. The Balaban J connectivity index is 1.80. The Morgan fingerprint density at radius 2 is 1.96 bits per heavy atom.